The van der Waals surface area contributed by atoms with Gasteiger partial charge in [0.1, 0.15) is 0 Å². The quantitative estimate of drug-likeness (QED) is 0.590. The van der Waals surface area contributed by atoms with Crippen LogP contribution >= 0.6 is 11.6 Å². The largest absolute Gasteiger partial charge is 0.390 e. The molecule has 0 spiro atoms. The zero-order valence-corrected chi connectivity index (χ0v) is 6.46. The molecule has 58 valence electrons. The van der Waals surface area contributed by atoms with E-state index < -0.39 is 6.10 Å². The zero-order chi connectivity index (χ0) is 7.40. The second-order valence-electron chi connectivity index (χ2n) is 2.32. The van der Waals surface area contributed by atoms with Crippen LogP contribution in [0.15, 0.2) is 4.99 Å². The Morgan fingerprint density at radius 3 is 3.10 bits per heavy atom. The lowest BCUT2D eigenvalue weighted by Gasteiger charge is -2.16. The summed E-state index contributed by atoms with van der Waals surface area (Å²) in [5, 5.41) is 9.08. The van der Waals surface area contributed by atoms with E-state index in [0.717, 1.165) is 13.1 Å². The van der Waals surface area contributed by atoms with E-state index in [2.05, 4.69) is 4.99 Å². The van der Waals surface area contributed by atoms with Crippen molar-refractivity contribution in [3.8, 4) is 0 Å². The molecule has 1 aliphatic heterocycles. The molecule has 1 aliphatic rings. The molecule has 1 heterocycles. The Morgan fingerprint density at radius 1 is 1.80 bits per heavy atom. The van der Waals surface area contributed by atoms with E-state index >= 15 is 0 Å². The van der Waals surface area contributed by atoms with Gasteiger partial charge in [-0.3, -0.25) is 4.99 Å². The first-order chi connectivity index (χ1) is 4.83. The number of hydrogen-bond acceptors (Lipinski definition) is 3. The summed E-state index contributed by atoms with van der Waals surface area (Å²) in [7, 11) is 0. The van der Waals surface area contributed by atoms with Crippen molar-refractivity contribution in [3.05, 3.63) is 0 Å². The van der Waals surface area contributed by atoms with E-state index in [1.807, 2.05) is 4.90 Å². The fraction of sp³-hybridized carbons (Fsp3) is 0.833. The van der Waals surface area contributed by atoms with Gasteiger partial charge in [0.25, 0.3) is 0 Å². The molecule has 0 amide bonds. The molecule has 1 N–H and O–H groups in total. The number of halogens is 1. The Labute approximate surface area is 65.3 Å². The third-order valence-corrected chi connectivity index (χ3v) is 1.74. The monoisotopic (exact) mass is 162 g/mol. The lowest BCUT2D eigenvalue weighted by Crippen LogP contribution is -2.30. The first-order valence-corrected chi connectivity index (χ1v) is 3.84. The predicted molar refractivity (Wildman–Crippen MR) is 41.7 cm³/mol. The van der Waals surface area contributed by atoms with Crippen LogP contribution in [0.25, 0.3) is 0 Å². The Morgan fingerprint density at radius 2 is 2.60 bits per heavy atom. The van der Waals surface area contributed by atoms with Gasteiger partial charge in [0.05, 0.1) is 24.9 Å². The lowest BCUT2D eigenvalue weighted by molar-refractivity contribution is 0.168. The first-order valence-electron chi connectivity index (χ1n) is 3.31. The molecule has 0 radical (unpaired) electrons. The van der Waals surface area contributed by atoms with Crippen molar-refractivity contribution in [2.45, 2.75) is 6.10 Å². The average Bonchev–Trinajstić information content (AvgIpc) is 2.40. The zero-order valence-electron chi connectivity index (χ0n) is 5.70. The topological polar surface area (TPSA) is 35.8 Å². The van der Waals surface area contributed by atoms with Crippen LogP contribution in [0.1, 0.15) is 0 Å². The van der Waals surface area contributed by atoms with Gasteiger partial charge in [-0.2, -0.15) is 0 Å². The third-order valence-electron chi connectivity index (χ3n) is 1.38. The van der Waals surface area contributed by atoms with Crippen LogP contribution in [0.2, 0.25) is 0 Å². The number of aliphatic hydroxyl groups is 1. The van der Waals surface area contributed by atoms with Crippen molar-refractivity contribution < 1.29 is 5.11 Å². The van der Waals surface area contributed by atoms with Gasteiger partial charge in [-0.1, -0.05) is 0 Å². The molecule has 1 unspecified atom stereocenters. The van der Waals surface area contributed by atoms with Gasteiger partial charge in [-0.05, 0) is 0 Å². The van der Waals surface area contributed by atoms with Crippen LogP contribution in [0.3, 0.4) is 0 Å². The average molecular weight is 163 g/mol. The Kier molecular flexibility index (Phi) is 2.96. The molecule has 0 saturated carbocycles. The summed E-state index contributed by atoms with van der Waals surface area (Å²) < 4.78 is 0. The van der Waals surface area contributed by atoms with Crippen LogP contribution in [0.4, 0.5) is 0 Å². The first kappa shape index (κ1) is 7.82. The highest BCUT2D eigenvalue weighted by Crippen LogP contribution is 1.96. The maximum absolute atomic E-state index is 9.08. The van der Waals surface area contributed by atoms with Crippen LogP contribution in [0.5, 0.6) is 0 Å². The highest BCUT2D eigenvalue weighted by molar-refractivity contribution is 6.18. The van der Waals surface area contributed by atoms with Crippen molar-refractivity contribution in [2.75, 3.05) is 25.5 Å². The molecule has 3 nitrogen and oxygen atoms in total. The molecule has 1 atom stereocenters. The molecule has 0 aliphatic carbocycles. The molecule has 0 fully saturated rings. The van der Waals surface area contributed by atoms with Crippen molar-refractivity contribution in [3.63, 3.8) is 0 Å². The molecule has 0 saturated heterocycles. The maximum Gasteiger partial charge on any atom is 0.0852 e. The smallest absolute Gasteiger partial charge is 0.0852 e. The number of β-amino-alcohol motifs (C(OH)–C–C–N with tert-alkyl or cyclic N) is 1. The predicted octanol–water partition coefficient (Wildman–Crippen LogP) is -0.0700. The van der Waals surface area contributed by atoms with Crippen molar-refractivity contribution in [2.24, 2.45) is 4.99 Å². The summed E-state index contributed by atoms with van der Waals surface area (Å²) in [5.74, 6) is 0.296. The fourth-order valence-electron chi connectivity index (χ4n) is 0.875. The van der Waals surface area contributed by atoms with Gasteiger partial charge in [0, 0.05) is 13.1 Å². The highest BCUT2D eigenvalue weighted by Gasteiger charge is 2.09. The molecule has 0 aromatic heterocycles. The number of alkyl halides is 1. The van der Waals surface area contributed by atoms with Crippen LogP contribution < -0.4 is 0 Å². The molecule has 4 heteroatoms. The van der Waals surface area contributed by atoms with Crippen LogP contribution in [0, 0.1) is 0 Å². The second-order valence-corrected chi connectivity index (χ2v) is 2.63. The standard InChI is InChI=1S/C6H11ClN2O/c7-3-6(10)4-9-2-1-8-5-9/h5-6,10H,1-4H2. The van der Waals surface area contributed by atoms with E-state index in [9.17, 15) is 0 Å². The second kappa shape index (κ2) is 3.78. The SMILES string of the molecule is OC(CCl)CN1C=NCC1. The van der Waals surface area contributed by atoms with Gasteiger partial charge in [0.15, 0.2) is 0 Å². The summed E-state index contributed by atoms with van der Waals surface area (Å²) in [6.45, 7) is 2.36. The number of nitrogens with zero attached hydrogens (tertiary/aromatic N) is 2. The van der Waals surface area contributed by atoms with E-state index in [0.29, 0.717) is 12.4 Å². The van der Waals surface area contributed by atoms with Gasteiger partial charge < -0.3 is 10.0 Å². The lowest BCUT2D eigenvalue weighted by atomic mass is 10.4. The summed E-state index contributed by atoms with van der Waals surface area (Å²) >= 11 is 5.41. The summed E-state index contributed by atoms with van der Waals surface area (Å²) in [6.07, 6.45) is 1.33. The number of aliphatic imine (C=N–C) groups is 1. The summed E-state index contributed by atoms with van der Waals surface area (Å²) in [5.41, 5.74) is 0. The normalized spacial score (nSPS) is 20.0. The Bertz CT molecular complexity index is 129. The molecule has 10 heavy (non-hydrogen) atoms. The number of aliphatic hydroxyl groups excluding tert-OH is 1. The van der Waals surface area contributed by atoms with Gasteiger partial charge in [-0.25, -0.2) is 0 Å². The maximum atomic E-state index is 9.08. The van der Waals surface area contributed by atoms with Gasteiger partial charge in [0.2, 0.25) is 0 Å². The summed E-state index contributed by atoms with van der Waals surface area (Å²) in [4.78, 5) is 5.96. The number of hydrogen-bond donors (Lipinski definition) is 1. The van der Waals surface area contributed by atoms with Crippen molar-refractivity contribution in [1.82, 2.24) is 4.90 Å². The molecular formula is C6H11ClN2O. The van der Waals surface area contributed by atoms with Crippen molar-refractivity contribution in [1.29, 1.82) is 0 Å². The Hall–Kier alpha value is -0.280. The highest BCUT2D eigenvalue weighted by atomic mass is 35.5. The molecule has 1 rings (SSSR count). The van der Waals surface area contributed by atoms with E-state index in [4.69, 9.17) is 16.7 Å². The van der Waals surface area contributed by atoms with Gasteiger partial charge >= 0.3 is 0 Å². The van der Waals surface area contributed by atoms with E-state index in [-0.39, 0.29) is 0 Å². The van der Waals surface area contributed by atoms with Crippen LogP contribution in [-0.2, 0) is 0 Å². The molecule has 0 aromatic rings. The Balaban J connectivity index is 2.18. The molecular weight excluding hydrogens is 152 g/mol. The van der Waals surface area contributed by atoms with Crippen LogP contribution in [-0.4, -0.2) is 48.0 Å². The third kappa shape index (κ3) is 2.15. The summed E-state index contributed by atoms with van der Waals surface area (Å²) in [6, 6.07) is 0. The van der Waals surface area contributed by atoms with E-state index in [1.165, 1.54) is 0 Å². The minimum absolute atomic E-state index is 0.296. The minimum atomic E-state index is -0.425. The minimum Gasteiger partial charge on any atom is -0.390 e. The fourth-order valence-corrected chi connectivity index (χ4v) is 0.973. The molecule has 0 aromatic carbocycles. The molecule has 0 bridgehead atoms. The van der Waals surface area contributed by atoms with E-state index in [1.54, 1.807) is 6.34 Å². The number of rotatable bonds is 3. The van der Waals surface area contributed by atoms with Crippen molar-refractivity contribution >= 4 is 17.9 Å². The van der Waals surface area contributed by atoms with Gasteiger partial charge in [-0.15, -0.1) is 11.6 Å².